The van der Waals surface area contributed by atoms with Gasteiger partial charge in [-0.15, -0.1) is 0 Å². The predicted octanol–water partition coefficient (Wildman–Crippen LogP) is 3.33. The molecule has 0 aliphatic carbocycles. The number of hydrogen-bond donors (Lipinski definition) is 0. The SMILES string of the molecule is C[C@@H](COC1CCCCO1)C(=O)c1ccc(F)cc1F. The molecular formula is C15H18F2O3. The maximum Gasteiger partial charge on any atom is 0.170 e. The number of halogens is 2. The molecule has 0 spiro atoms. The number of ketones is 1. The molecule has 0 bridgehead atoms. The smallest absolute Gasteiger partial charge is 0.170 e. The number of rotatable bonds is 5. The number of benzene rings is 1. The quantitative estimate of drug-likeness (QED) is 0.778. The average molecular weight is 284 g/mol. The van der Waals surface area contributed by atoms with Crippen LogP contribution in [-0.4, -0.2) is 25.3 Å². The number of ether oxygens (including phenoxy) is 2. The van der Waals surface area contributed by atoms with Crippen molar-refractivity contribution in [1.29, 1.82) is 0 Å². The molecule has 0 amide bonds. The van der Waals surface area contributed by atoms with Crippen molar-refractivity contribution in [3.05, 3.63) is 35.4 Å². The van der Waals surface area contributed by atoms with Crippen molar-refractivity contribution in [2.24, 2.45) is 5.92 Å². The van der Waals surface area contributed by atoms with Gasteiger partial charge in [0.1, 0.15) is 11.6 Å². The van der Waals surface area contributed by atoms with Crippen molar-refractivity contribution in [2.75, 3.05) is 13.2 Å². The second-order valence-electron chi connectivity index (χ2n) is 5.02. The van der Waals surface area contributed by atoms with Crippen LogP contribution in [0.25, 0.3) is 0 Å². The second-order valence-corrected chi connectivity index (χ2v) is 5.02. The summed E-state index contributed by atoms with van der Waals surface area (Å²) in [6.07, 6.45) is 2.60. The van der Waals surface area contributed by atoms with Crippen LogP contribution in [-0.2, 0) is 9.47 Å². The fourth-order valence-corrected chi connectivity index (χ4v) is 2.12. The summed E-state index contributed by atoms with van der Waals surface area (Å²) in [5, 5.41) is 0. The predicted molar refractivity (Wildman–Crippen MR) is 69.4 cm³/mol. The first-order valence-corrected chi connectivity index (χ1v) is 6.80. The monoisotopic (exact) mass is 284 g/mol. The lowest BCUT2D eigenvalue weighted by Gasteiger charge is -2.24. The molecule has 2 rings (SSSR count). The lowest BCUT2D eigenvalue weighted by Crippen LogP contribution is -2.27. The van der Waals surface area contributed by atoms with E-state index in [2.05, 4.69) is 0 Å². The topological polar surface area (TPSA) is 35.5 Å². The van der Waals surface area contributed by atoms with Gasteiger partial charge in [-0.3, -0.25) is 4.79 Å². The van der Waals surface area contributed by atoms with Crippen LogP contribution in [0.4, 0.5) is 8.78 Å². The van der Waals surface area contributed by atoms with Crippen molar-refractivity contribution >= 4 is 5.78 Å². The Hall–Kier alpha value is -1.33. The van der Waals surface area contributed by atoms with Crippen LogP contribution >= 0.6 is 0 Å². The Labute approximate surface area is 116 Å². The van der Waals surface area contributed by atoms with Gasteiger partial charge in [0.25, 0.3) is 0 Å². The fraction of sp³-hybridized carbons (Fsp3) is 0.533. The van der Waals surface area contributed by atoms with Crippen LogP contribution in [0.15, 0.2) is 18.2 Å². The van der Waals surface area contributed by atoms with Gasteiger partial charge in [0.2, 0.25) is 0 Å². The number of carbonyl (C=O) groups is 1. The molecule has 1 aromatic rings. The highest BCUT2D eigenvalue weighted by molar-refractivity contribution is 5.97. The van der Waals surface area contributed by atoms with E-state index in [9.17, 15) is 13.6 Å². The summed E-state index contributed by atoms with van der Waals surface area (Å²) in [6, 6.07) is 2.96. The molecule has 0 radical (unpaired) electrons. The van der Waals surface area contributed by atoms with E-state index in [-0.39, 0.29) is 18.5 Å². The summed E-state index contributed by atoms with van der Waals surface area (Å²) in [6.45, 7) is 2.49. The Kier molecular flexibility index (Phi) is 5.20. The average Bonchev–Trinajstić information content (AvgIpc) is 2.45. The Balaban J connectivity index is 1.90. The van der Waals surface area contributed by atoms with E-state index in [1.807, 2.05) is 0 Å². The molecule has 0 aromatic heterocycles. The molecule has 1 aliphatic rings. The highest BCUT2D eigenvalue weighted by Crippen LogP contribution is 2.18. The molecule has 1 saturated heterocycles. The first-order chi connectivity index (χ1) is 9.58. The molecule has 5 heteroatoms. The zero-order valence-corrected chi connectivity index (χ0v) is 11.4. The first kappa shape index (κ1) is 15.1. The van der Waals surface area contributed by atoms with Gasteiger partial charge in [0.05, 0.1) is 12.2 Å². The van der Waals surface area contributed by atoms with Gasteiger partial charge < -0.3 is 9.47 Å². The van der Waals surface area contributed by atoms with Crippen LogP contribution in [0.1, 0.15) is 36.5 Å². The normalized spacial score (nSPS) is 20.6. The summed E-state index contributed by atoms with van der Waals surface area (Å²) in [5.74, 6) is -2.42. The van der Waals surface area contributed by atoms with E-state index >= 15 is 0 Å². The van der Waals surface area contributed by atoms with E-state index in [1.165, 1.54) is 6.07 Å². The lowest BCUT2D eigenvalue weighted by molar-refractivity contribution is -0.165. The Morgan fingerprint density at radius 3 is 2.90 bits per heavy atom. The number of hydrogen-bond acceptors (Lipinski definition) is 3. The summed E-state index contributed by atoms with van der Waals surface area (Å²) in [5.41, 5.74) is -0.105. The molecule has 1 unspecified atom stereocenters. The molecule has 2 atom stereocenters. The highest BCUT2D eigenvalue weighted by Gasteiger charge is 2.22. The lowest BCUT2D eigenvalue weighted by atomic mass is 9.99. The Morgan fingerprint density at radius 1 is 1.45 bits per heavy atom. The molecule has 1 fully saturated rings. The maximum atomic E-state index is 13.5. The molecule has 110 valence electrons. The second kappa shape index (κ2) is 6.90. The van der Waals surface area contributed by atoms with Gasteiger partial charge in [0.15, 0.2) is 12.1 Å². The van der Waals surface area contributed by atoms with E-state index in [1.54, 1.807) is 6.92 Å². The van der Waals surface area contributed by atoms with Crippen LogP contribution in [0.3, 0.4) is 0 Å². The zero-order chi connectivity index (χ0) is 14.5. The third-order valence-corrected chi connectivity index (χ3v) is 3.31. The third-order valence-electron chi connectivity index (χ3n) is 3.31. The maximum absolute atomic E-state index is 13.5. The van der Waals surface area contributed by atoms with Crippen LogP contribution in [0.5, 0.6) is 0 Å². The Morgan fingerprint density at radius 2 is 2.25 bits per heavy atom. The number of Topliss-reactive ketones (excluding diaryl/α,β-unsaturated/α-hetero) is 1. The zero-order valence-electron chi connectivity index (χ0n) is 11.4. The largest absolute Gasteiger partial charge is 0.353 e. The van der Waals surface area contributed by atoms with Gasteiger partial charge >= 0.3 is 0 Å². The third kappa shape index (κ3) is 3.84. The fourth-order valence-electron chi connectivity index (χ4n) is 2.12. The van der Waals surface area contributed by atoms with Gasteiger partial charge in [-0.1, -0.05) is 6.92 Å². The minimum Gasteiger partial charge on any atom is -0.353 e. The molecule has 20 heavy (non-hydrogen) atoms. The van der Waals surface area contributed by atoms with Gasteiger partial charge in [0, 0.05) is 18.6 Å². The Bertz CT molecular complexity index is 470. The molecule has 0 N–H and O–H groups in total. The molecule has 1 aromatic carbocycles. The summed E-state index contributed by atoms with van der Waals surface area (Å²) in [7, 11) is 0. The minimum atomic E-state index is -0.837. The molecule has 3 nitrogen and oxygen atoms in total. The summed E-state index contributed by atoms with van der Waals surface area (Å²) in [4.78, 5) is 12.1. The highest BCUT2D eigenvalue weighted by atomic mass is 19.1. The van der Waals surface area contributed by atoms with E-state index in [0.717, 1.165) is 25.3 Å². The van der Waals surface area contributed by atoms with Crippen LogP contribution < -0.4 is 0 Å². The van der Waals surface area contributed by atoms with Gasteiger partial charge in [-0.25, -0.2) is 8.78 Å². The van der Waals surface area contributed by atoms with Crippen molar-refractivity contribution in [3.63, 3.8) is 0 Å². The van der Waals surface area contributed by atoms with Crippen LogP contribution in [0.2, 0.25) is 0 Å². The van der Waals surface area contributed by atoms with Crippen molar-refractivity contribution in [3.8, 4) is 0 Å². The van der Waals surface area contributed by atoms with E-state index in [4.69, 9.17) is 9.47 Å². The van der Waals surface area contributed by atoms with Crippen molar-refractivity contribution in [1.82, 2.24) is 0 Å². The minimum absolute atomic E-state index is 0.105. The van der Waals surface area contributed by atoms with Gasteiger partial charge in [-0.2, -0.15) is 0 Å². The van der Waals surface area contributed by atoms with E-state index < -0.39 is 23.3 Å². The summed E-state index contributed by atoms with van der Waals surface area (Å²) < 4.78 is 37.2. The van der Waals surface area contributed by atoms with Crippen molar-refractivity contribution < 1.29 is 23.0 Å². The number of carbonyl (C=O) groups excluding carboxylic acids is 1. The van der Waals surface area contributed by atoms with Crippen LogP contribution in [0, 0.1) is 17.6 Å². The first-order valence-electron chi connectivity index (χ1n) is 6.80. The summed E-state index contributed by atoms with van der Waals surface area (Å²) >= 11 is 0. The molecule has 1 aliphatic heterocycles. The molecule has 0 saturated carbocycles. The molecule has 1 heterocycles. The molecular weight excluding hydrogens is 266 g/mol. The van der Waals surface area contributed by atoms with Crippen molar-refractivity contribution in [2.45, 2.75) is 32.5 Å². The van der Waals surface area contributed by atoms with Gasteiger partial charge in [-0.05, 0) is 31.4 Å². The van der Waals surface area contributed by atoms with E-state index in [0.29, 0.717) is 12.7 Å². The standard InChI is InChI=1S/C15H18F2O3/c1-10(9-20-14-4-2-3-7-19-14)15(18)12-6-5-11(16)8-13(12)17/h5-6,8,10,14H,2-4,7,9H2,1H3/t10-,14?/m0/s1.